The molecule has 0 atom stereocenters. The molecule has 4 aromatic rings. The fraction of sp³-hybridized carbons (Fsp3) is 0.136. The molecule has 0 aliphatic heterocycles. The van der Waals surface area contributed by atoms with E-state index in [0.29, 0.717) is 11.4 Å². The number of nitrogens with zero attached hydrogens (tertiary/aromatic N) is 1. The number of nitrogens with one attached hydrogen (secondary N) is 1. The molecule has 0 amide bonds. The lowest BCUT2D eigenvalue weighted by molar-refractivity contribution is 0.0782. The van der Waals surface area contributed by atoms with Gasteiger partial charge in [-0.25, -0.2) is 14.1 Å². The van der Waals surface area contributed by atoms with Crippen LogP contribution in [-0.4, -0.2) is 40.8 Å². The van der Waals surface area contributed by atoms with E-state index in [2.05, 4.69) is 9.51 Å². The monoisotopic (exact) mass is 488 g/mol. The van der Waals surface area contributed by atoms with Crippen LogP contribution in [0.25, 0.3) is 33.2 Å². The van der Waals surface area contributed by atoms with Crippen molar-refractivity contribution in [1.29, 1.82) is 0 Å². The van der Waals surface area contributed by atoms with Crippen molar-refractivity contribution in [2.45, 2.75) is 0 Å². The largest absolute Gasteiger partial charge is 0.493 e. The maximum absolute atomic E-state index is 10.9. The summed E-state index contributed by atoms with van der Waals surface area (Å²) in [4.78, 5) is 27.1. The molecule has 4 rings (SSSR count). The molecule has 9 nitrogen and oxygen atoms in total. The van der Waals surface area contributed by atoms with Gasteiger partial charge in [-0.1, -0.05) is 36.4 Å². The predicted octanol–water partition coefficient (Wildman–Crippen LogP) is 4.94. The van der Waals surface area contributed by atoms with Crippen LogP contribution in [0.4, 0.5) is 0 Å². The van der Waals surface area contributed by atoms with Crippen molar-refractivity contribution in [3.8, 4) is 50.5 Å². The molecule has 0 unspecified atom stereocenters. The number of hydrogen-bond donors (Lipinski definition) is 3. The summed E-state index contributed by atoms with van der Waals surface area (Å²) in [5, 5.41) is 2.00. The second-order valence-corrected chi connectivity index (χ2v) is 8.93. The average molecular weight is 488 g/mol. The van der Waals surface area contributed by atoms with Crippen LogP contribution < -0.4 is 14.2 Å². The van der Waals surface area contributed by atoms with Crippen molar-refractivity contribution in [2.24, 2.45) is 0 Å². The number of hydrogen-bond acceptors (Lipinski definition) is 7. The summed E-state index contributed by atoms with van der Waals surface area (Å²) in [6.45, 7) is -0.683. The van der Waals surface area contributed by atoms with Gasteiger partial charge in [0.2, 0.25) is 12.5 Å². The van der Waals surface area contributed by atoms with Gasteiger partial charge in [-0.05, 0) is 23.6 Å². The summed E-state index contributed by atoms with van der Waals surface area (Å²) >= 11 is 1.60. The highest BCUT2D eigenvalue weighted by atomic mass is 32.1. The Bertz CT molecular complexity index is 1240. The van der Waals surface area contributed by atoms with E-state index in [-0.39, 0.29) is 17.2 Å². The molecule has 0 spiro atoms. The van der Waals surface area contributed by atoms with Crippen LogP contribution in [0.5, 0.6) is 17.2 Å². The molecule has 0 bridgehead atoms. The molecule has 3 N–H and O–H groups in total. The number of ether oxygens (including phenoxy) is 3. The lowest BCUT2D eigenvalue weighted by Crippen LogP contribution is -2.04. The van der Waals surface area contributed by atoms with Crippen molar-refractivity contribution in [1.82, 2.24) is 9.97 Å². The molecular weight excluding hydrogens is 467 g/mol. The van der Waals surface area contributed by atoms with E-state index in [1.807, 2.05) is 47.8 Å². The Morgan fingerprint density at radius 3 is 2.27 bits per heavy atom. The Morgan fingerprint density at radius 1 is 1.00 bits per heavy atom. The summed E-state index contributed by atoms with van der Waals surface area (Å²) in [7, 11) is -1.79. The van der Waals surface area contributed by atoms with Gasteiger partial charge in [-0.2, -0.15) is 0 Å². The number of phosphoric acid groups is 1. The number of aromatic nitrogens is 2. The van der Waals surface area contributed by atoms with E-state index in [4.69, 9.17) is 29.0 Å². The number of H-pyrrole nitrogens is 1. The van der Waals surface area contributed by atoms with Crippen LogP contribution in [0.3, 0.4) is 0 Å². The SMILES string of the molecule is COc1cc(-c2nc(-c3ccccc3)c(-c3cccs3)[nH]2)cc(OC)c1OCOP(=O)(O)O. The van der Waals surface area contributed by atoms with Crippen LogP contribution >= 0.6 is 19.2 Å². The topological polar surface area (TPSA) is 123 Å². The standard InChI is InChI=1S/C22H21N2O7PS/c1-28-16-11-15(12-17(29-2)21(16)30-13-31-32(25,26)27)22-23-19(14-7-4-3-5-8-14)20(24-22)18-9-6-10-33-18/h3-12H,13H2,1-2H3,(H,23,24)(H2,25,26,27). The lowest BCUT2D eigenvalue weighted by atomic mass is 10.1. The number of methoxy groups -OCH3 is 2. The summed E-state index contributed by atoms with van der Waals surface area (Å²) in [6.07, 6.45) is 0. The first-order valence-electron chi connectivity index (χ1n) is 9.68. The zero-order valence-electron chi connectivity index (χ0n) is 17.7. The molecule has 172 valence electrons. The molecule has 0 aliphatic rings. The molecule has 0 radical (unpaired) electrons. The number of aromatic amines is 1. The van der Waals surface area contributed by atoms with Crippen molar-refractivity contribution in [2.75, 3.05) is 21.0 Å². The Morgan fingerprint density at radius 2 is 1.70 bits per heavy atom. The smallest absolute Gasteiger partial charge is 0.472 e. The minimum Gasteiger partial charge on any atom is -0.493 e. The van der Waals surface area contributed by atoms with E-state index < -0.39 is 14.6 Å². The third-order valence-electron chi connectivity index (χ3n) is 4.68. The lowest BCUT2D eigenvalue weighted by Gasteiger charge is -2.15. The van der Waals surface area contributed by atoms with Gasteiger partial charge in [-0.15, -0.1) is 11.3 Å². The highest BCUT2D eigenvalue weighted by molar-refractivity contribution is 7.46. The highest BCUT2D eigenvalue weighted by Crippen LogP contribution is 2.43. The van der Waals surface area contributed by atoms with Crippen LogP contribution in [0.1, 0.15) is 0 Å². The Kier molecular flexibility index (Phi) is 6.83. The third-order valence-corrected chi connectivity index (χ3v) is 6.01. The summed E-state index contributed by atoms with van der Waals surface area (Å²) < 4.78 is 31.6. The minimum atomic E-state index is -4.68. The van der Waals surface area contributed by atoms with Crippen molar-refractivity contribution >= 4 is 19.2 Å². The molecule has 2 aromatic heterocycles. The first-order valence-corrected chi connectivity index (χ1v) is 12.1. The molecule has 0 saturated heterocycles. The number of thiophene rings is 1. The fourth-order valence-electron chi connectivity index (χ4n) is 3.23. The molecule has 0 aliphatic carbocycles. The zero-order valence-corrected chi connectivity index (χ0v) is 19.4. The fourth-order valence-corrected chi connectivity index (χ4v) is 4.14. The van der Waals surface area contributed by atoms with Gasteiger partial charge in [0, 0.05) is 11.1 Å². The molecular formula is C22H21N2O7PS. The molecule has 2 heterocycles. The first-order chi connectivity index (χ1) is 15.9. The number of rotatable bonds is 9. The number of imidazole rings is 1. The van der Waals surface area contributed by atoms with Gasteiger partial charge in [0.1, 0.15) is 5.82 Å². The highest BCUT2D eigenvalue weighted by Gasteiger charge is 2.21. The molecule has 0 fully saturated rings. The zero-order chi connectivity index (χ0) is 23.4. The molecule has 33 heavy (non-hydrogen) atoms. The average Bonchev–Trinajstić information content (AvgIpc) is 3.49. The Balaban J connectivity index is 1.77. The minimum absolute atomic E-state index is 0.144. The van der Waals surface area contributed by atoms with Crippen LogP contribution in [-0.2, 0) is 9.09 Å². The third kappa shape index (κ3) is 5.27. The van der Waals surface area contributed by atoms with Gasteiger partial charge < -0.3 is 29.0 Å². The van der Waals surface area contributed by atoms with Gasteiger partial charge in [-0.3, -0.25) is 0 Å². The van der Waals surface area contributed by atoms with Gasteiger partial charge in [0.15, 0.2) is 11.5 Å². The molecule has 2 aromatic carbocycles. The van der Waals surface area contributed by atoms with Crippen molar-refractivity contribution in [3.63, 3.8) is 0 Å². The van der Waals surface area contributed by atoms with Crippen LogP contribution in [0, 0.1) is 0 Å². The quantitative estimate of drug-likeness (QED) is 0.224. The summed E-state index contributed by atoms with van der Waals surface area (Å²) in [5.41, 5.74) is 3.34. The second kappa shape index (κ2) is 9.78. The first kappa shape index (κ1) is 23.0. The van der Waals surface area contributed by atoms with Crippen molar-refractivity contribution in [3.05, 3.63) is 60.0 Å². The van der Waals surface area contributed by atoms with E-state index in [0.717, 1.165) is 21.8 Å². The summed E-state index contributed by atoms with van der Waals surface area (Å²) in [6, 6.07) is 17.3. The van der Waals surface area contributed by atoms with Crippen molar-refractivity contribution < 1.29 is 33.1 Å². The van der Waals surface area contributed by atoms with Gasteiger partial charge in [0.05, 0.1) is 30.5 Å². The summed E-state index contributed by atoms with van der Waals surface area (Å²) in [5.74, 6) is 1.31. The number of benzene rings is 2. The second-order valence-electron chi connectivity index (χ2n) is 6.74. The number of phosphoric ester groups is 1. The van der Waals surface area contributed by atoms with E-state index in [9.17, 15) is 4.57 Å². The predicted molar refractivity (Wildman–Crippen MR) is 125 cm³/mol. The van der Waals surface area contributed by atoms with E-state index in [1.165, 1.54) is 14.2 Å². The van der Waals surface area contributed by atoms with Crippen LogP contribution in [0.15, 0.2) is 60.0 Å². The maximum atomic E-state index is 10.9. The molecule has 0 saturated carbocycles. The maximum Gasteiger partial charge on any atom is 0.472 e. The van der Waals surface area contributed by atoms with E-state index in [1.54, 1.807) is 23.5 Å². The van der Waals surface area contributed by atoms with Gasteiger partial charge >= 0.3 is 7.82 Å². The Hall–Kier alpha value is -3.14. The Labute approximate surface area is 193 Å². The van der Waals surface area contributed by atoms with E-state index >= 15 is 0 Å². The van der Waals surface area contributed by atoms with Crippen LogP contribution in [0.2, 0.25) is 0 Å². The normalized spacial score (nSPS) is 11.4. The molecule has 11 heteroatoms. The van der Waals surface area contributed by atoms with Gasteiger partial charge in [0.25, 0.3) is 0 Å².